The maximum Gasteiger partial charge on any atom is 0.408 e. The van der Waals surface area contributed by atoms with Gasteiger partial charge < -0.3 is 30.4 Å². The number of esters is 1. The first-order valence-corrected chi connectivity index (χ1v) is 12.2. The van der Waals surface area contributed by atoms with Gasteiger partial charge in [0.25, 0.3) is 5.91 Å². The topological polar surface area (TPSA) is 139 Å². The van der Waals surface area contributed by atoms with E-state index >= 15 is 0 Å². The van der Waals surface area contributed by atoms with Gasteiger partial charge in [0.2, 0.25) is 5.91 Å². The van der Waals surface area contributed by atoms with Gasteiger partial charge in [-0.25, -0.2) is 4.79 Å². The van der Waals surface area contributed by atoms with E-state index in [9.17, 15) is 19.2 Å². The van der Waals surface area contributed by atoms with Gasteiger partial charge in [-0.05, 0) is 29.3 Å². The molecule has 0 saturated carbocycles. The van der Waals surface area contributed by atoms with E-state index in [0.717, 1.165) is 22.0 Å². The Balaban J connectivity index is 1.52. The van der Waals surface area contributed by atoms with Crippen LogP contribution < -0.4 is 16.0 Å². The van der Waals surface area contributed by atoms with E-state index in [4.69, 9.17) is 4.74 Å². The summed E-state index contributed by atoms with van der Waals surface area (Å²) >= 11 is 0. The number of hydrogen-bond acceptors (Lipinski definition) is 6. The SMILES string of the molecule is COC(=O)CNC(=O)c1ccccc1NC(=O)[C@H](Cc1c[nH]c2ccccc12)NC(=O)OCc1ccccc1. The minimum Gasteiger partial charge on any atom is -0.468 e. The molecule has 1 atom stereocenters. The number of H-pyrrole nitrogens is 1. The zero-order valence-electron chi connectivity index (χ0n) is 21.2. The fraction of sp³-hybridized carbons (Fsp3) is 0.172. The smallest absolute Gasteiger partial charge is 0.408 e. The summed E-state index contributed by atoms with van der Waals surface area (Å²) in [6, 6.07) is 22.1. The molecule has 3 aromatic carbocycles. The molecule has 4 aromatic rings. The second kappa shape index (κ2) is 12.9. The highest BCUT2D eigenvalue weighted by molar-refractivity contribution is 6.06. The van der Waals surface area contributed by atoms with Gasteiger partial charge in [-0.1, -0.05) is 60.7 Å². The molecule has 200 valence electrons. The molecule has 0 fully saturated rings. The number of methoxy groups -OCH3 is 1. The Labute approximate surface area is 224 Å². The maximum atomic E-state index is 13.5. The summed E-state index contributed by atoms with van der Waals surface area (Å²) in [5.74, 6) is -1.73. The van der Waals surface area contributed by atoms with Crippen LogP contribution in [0.3, 0.4) is 0 Å². The first-order valence-electron chi connectivity index (χ1n) is 12.2. The molecule has 10 heteroatoms. The highest BCUT2D eigenvalue weighted by Crippen LogP contribution is 2.21. The number of aromatic amines is 1. The molecule has 4 rings (SSSR count). The third-order valence-corrected chi connectivity index (χ3v) is 5.97. The lowest BCUT2D eigenvalue weighted by atomic mass is 10.0. The van der Waals surface area contributed by atoms with Crippen LogP contribution in [-0.4, -0.2) is 48.6 Å². The zero-order chi connectivity index (χ0) is 27.6. The van der Waals surface area contributed by atoms with Crippen molar-refractivity contribution in [3.63, 3.8) is 0 Å². The van der Waals surface area contributed by atoms with Gasteiger partial charge in [0.05, 0.1) is 18.4 Å². The molecule has 1 heterocycles. The third kappa shape index (κ3) is 7.22. The molecule has 39 heavy (non-hydrogen) atoms. The minimum atomic E-state index is -1.03. The van der Waals surface area contributed by atoms with Crippen molar-refractivity contribution in [2.24, 2.45) is 0 Å². The van der Waals surface area contributed by atoms with Crippen LogP contribution in [-0.2, 0) is 32.1 Å². The van der Waals surface area contributed by atoms with Crippen LogP contribution >= 0.6 is 0 Å². The number of anilines is 1. The molecule has 0 aliphatic carbocycles. The van der Waals surface area contributed by atoms with Crippen LogP contribution in [0.15, 0.2) is 85.1 Å². The van der Waals surface area contributed by atoms with Crippen molar-refractivity contribution < 1.29 is 28.7 Å². The van der Waals surface area contributed by atoms with E-state index < -0.39 is 29.9 Å². The van der Waals surface area contributed by atoms with E-state index in [1.165, 1.54) is 13.2 Å². The standard InChI is InChI=1S/C29H28N4O6/c1-38-26(34)17-31-27(35)22-12-6-8-14-24(22)32-28(36)25(15-20-16-30-23-13-7-5-11-21(20)23)33-29(37)39-18-19-9-3-2-4-10-19/h2-14,16,25,30H,15,17-18H2,1H3,(H,31,35)(H,32,36)(H,33,37)/t25-/m0/s1. The molecule has 10 nitrogen and oxygen atoms in total. The average molecular weight is 529 g/mol. The van der Waals surface area contributed by atoms with Crippen LogP contribution in [0.5, 0.6) is 0 Å². The second-order valence-electron chi connectivity index (χ2n) is 8.62. The second-order valence-corrected chi connectivity index (χ2v) is 8.62. The number of alkyl carbamates (subject to hydrolysis) is 1. The molecule has 4 N–H and O–H groups in total. The Morgan fingerprint density at radius 2 is 1.62 bits per heavy atom. The first kappa shape index (κ1) is 26.9. The fourth-order valence-corrected chi connectivity index (χ4v) is 3.97. The van der Waals surface area contributed by atoms with Crippen molar-refractivity contribution in [1.82, 2.24) is 15.6 Å². The van der Waals surface area contributed by atoms with E-state index in [0.29, 0.717) is 0 Å². The molecule has 0 saturated heterocycles. The third-order valence-electron chi connectivity index (χ3n) is 5.97. The molecule has 0 unspecified atom stereocenters. The number of carbonyl (C=O) groups is 4. The fourth-order valence-electron chi connectivity index (χ4n) is 3.97. The van der Waals surface area contributed by atoms with Crippen molar-refractivity contribution in [1.29, 1.82) is 0 Å². The van der Waals surface area contributed by atoms with E-state index in [2.05, 4.69) is 25.7 Å². The van der Waals surface area contributed by atoms with Gasteiger partial charge in [-0.3, -0.25) is 14.4 Å². The quantitative estimate of drug-likeness (QED) is 0.232. The summed E-state index contributed by atoms with van der Waals surface area (Å²) in [5, 5.41) is 8.76. The number of ether oxygens (including phenoxy) is 2. The van der Waals surface area contributed by atoms with Crippen molar-refractivity contribution >= 4 is 40.5 Å². The van der Waals surface area contributed by atoms with Gasteiger partial charge in [-0.2, -0.15) is 0 Å². The van der Waals surface area contributed by atoms with Crippen LogP contribution in [0.25, 0.3) is 10.9 Å². The zero-order valence-corrected chi connectivity index (χ0v) is 21.2. The Hall–Kier alpha value is -5.12. The minimum absolute atomic E-state index is 0.0390. The number of amides is 3. The number of rotatable bonds is 10. The highest BCUT2D eigenvalue weighted by atomic mass is 16.5. The summed E-state index contributed by atoms with van der Waals surface area (Å²) < 4.78 is 9.90. The Morgan fingerprint density at radius 3 is 2.41 bits per heavy atom. The Bertz CT molecular complexity index is 1470. The molecule has 0 bridgehead atoms. The number of nitrogens with one attached hydrogen (secondary N) is 4. The number of para-hydroxylation sites is 2. The lowest BCUT2D eigenvalue weighted by Crippen LogP contribution is -2.45. The number of hydrogen-bond donors (Lipinski definition) is 4. The van der Waals surface area contributed by atoms with Crippen molar-refractivity contribution in [3.05, 3.63) is 102 Å². The Morgan fingerprint density at radius 1 is 0.897 bits per heavy atom. The Kier molecular flexibility index (Phi) is 8.91. The molecule has 0 aliphatic rings. The lowest BCUT2D eigenvalue weighted by Gasteiger charge is -2.19. The summed E-state index contributed by atoms with van der Waals surface area (Å²) in [7, 11) is 1.22. The monoisotopic (exact) mass is 528 g/mol. The number of benzene rings is 3. The van der Waals surface area contributed by atoms with Crippen LogP contribution in [0.4, 0.5) is 10.5 Å². The number of aromatic nitrogens is 1. The molecule has 0 aliphatic heterocycles. The summed E-state index contributed by atoms with van der Waals surface area (Å²) in [4.78, 5) is 53.4. The van der Waals surface area contributed by atoms with Crippen molar-refractivity contribution in [2.45, 2.75) is 19.1 Å². The predicted molar refractivity (Wildman–Crippen MR) is 145 cm³/mol. The van der Waals surface area contributed by atoms with Crippen LogP contribution in [0.1, 0.15) is 21.5 Å². The van der Waals surface area contributed by atoms with Gasteiger partial charge in [0.15, 0.2) is 0 Å². The molecule has 3 amide bonds. The van der Waals surface area contributed by atoms with Gasteiger partial charge >= 0.3 is 12.1 Å². The molecule has 0 spiro atoms. The maximum absolute atomic E-state index is 13.5. The number of carbonyl (C=O) groups excluding carboxylic acids is 4. The van der Waals surface area contributed by atoms with Crippen LogP contribution in [0, 0.1) is 0 Å². The molecular formula is C29H28N4O6. The van der Waals surface area contributed by atoms with Gasteiger partial charge in [0, 0.05) is 23.5 Å². The normalized spacial score (nSPS) is 11.3. The molecular weight excluding hydrogens is 500 g/mol. The predicted octanol–water partition coefficient (Wildman–Crippen LogP) is 3.55. The van der Waals surface area contributed by atoms with E-state index in [1.54, 1.807) is 24.4 Å². The summed E-state index contributed by atoms with van der Waals surface area (Å²) in [5.41, 5.74) is 2.88. The van der Waals surface area contributed by atoms with Crippen molar-refractivity contribution in [3.8, 4) is 0 Å². The van der Waals surface area contributed by atoms with Crippen molar-refractivity contribution in [2.75, 3.05) is 19.0 Å². The van der Waals surface area contributed by atoms with E-state index in [1.807, 2.05) is 54.6 Å². The largest absolute Gasteiger partial charge is 0.468 e. The average Bonchev–Trinajstić information content (AvgIpc) is 3.37. The lowest BCUT2D eigenvalue weighted by molar-refractivity contribution is -0.139. The first-order chi connectivity index (χ1) is 18.9. The van der Waals surface area contributed by atoms with Gasteiger partial charge in [0.1, 0.15) is 19.2 Å². The van der Waals surface area contributed by atoms with Gasteiger partial charge in [-0.15, -0.1) is 0 Å². The molecule has 1 aromatic heterocycles. The highest BCUT2D eigenvalue weighted by Gasteiger charge is 2.25. The summed E-state index contributed by atoms with van der Waals surface area (Å²) in [6.45, 7) is -0.285. The van der Waals surface area contributed by atoms with Crippen LogP contribution in [0.2, 0.25) is 0 Å². The number of fused-ring (bicyclic) bond motifs is 1. The summed E-state index contributed by atoms with van der Waals surface area (Å²) in [6.07, 6.45) is 1.19. The van der Waals surface area contributed by atoms with E-state index in [-0.39, 0.29) is 30.8 Å². The molecule has 0 radical (unpaired) electrons.